The zero-order valence-electron chi connectivity index (χ0n) is 10.3. The molecule has 1 aromatic rings. The van der Waals surface area contributed by atoms with E-state index in [-0.39, 0.29) is 21.4 Å². The number of carboxylic acids is 1. The Kier molecular flexibility index (Phi) is 5.78. The Bertz CT molecular complexity index is 552. The summed E-state index contributed by atoms with van der Waals surface area (Å²) in [7, 11) is 0. The van der Waals surface area contributed by atoms with E-state index in [1.54, 1.807) is 0 Å². The van der Waals surface area contributed by atoms with Crippen LogP contribution in [0.3, 0.4) is 0 Å². The van der Waals surface area contributed by atoms with E-state index in [0.29, 0.717) is 0 Å². The number of hydrogen-bond acceptors (Lipinski definition) is 5. The van der Waals surface area contributed by atoms with Gasteiger partial charge < -0.3 is 10.4 Å². The molecule has 9 heteroatoms. The standard InChI is InChI=1S/C11H11ClN2O5S/c1-6(15)13-8(11(16)17)5-20-10-3-2-7(12)4-9(10)14(18)19/h2-4,8H,5H2,1H3,(H,13,15)(H,16,17). The minimum Gasteiger partial charge on any atom is -0.480 e. The summed E-state index contributed by atoms with van der Waals surface area (Å²) >= 11 is 6.64. The lowest BCUT2D eigenvalue weighted by Gasteiger charge is -2.12. The summed E-state index contributed by atoms with van der Waals surface area (Å²) in [6.07, 6.45) is 0. The number of nitro benzene ring substituents is 1. The van der Waals surface area contributed by atoms with Gasteiger partial charge in [-0.15, -0.1) is 11.8 Å². The summed E-state index contributed by atoms with van der Waals surface area (Å²) in [6.45, 7) is 1.20. The van der Waals surface area contributed by atoms with Crippen molar-refractivity contribution < 1.29 is 19.6 Å². The second-order valence-electron chi connectivity index (χ2n) is 3.77. The molecule has 20 heavy (non-hydrogen) atoms. The number of amides is 1. The molecule has 1 aromatic carbocycles. The number of carboxylic acid groups (broad SMARTS) is 1. The smallest absolute Gasteiger partial charge is 0.327 e. The predicted octanol–water partition coefficient (Wildman–Crippen LogP) is 1.93. The van der Waals surface area contributed by atoms with Gasteiger partial charge in [-0.2, -0.15) is 0 Å². The molecule has 0 aromatic heterocycles. The summed E-state index contributed by atoms with van der Waals surface area (Å²) in [6, 6.07) is 2.99. The molecule has 0 aliphatic heterocycles. The van der Waals surface area contributed by atoms with Gasteiger partial charge in [-0.05, 0) is 12.1 Å². The van der Waals surface area contributed by atoms with Crippen molar-refractivity contribution in [1.29, 1.82) is 0 Å². The number of nitrogens with one attached hydrogen (secondary N) is 1. The van der Waals surface area contributed by atoms with Gasteiger partial charge in [-0.25, -0.2) is 4.79 Å². The largest absolute Gasteiger partial charge is 0.480 e. The molecule has 0 aliphatic carbocycles. The van der Waals surface area contributed by atoms with E-state index in [9.17, 15) is 19.7 Å². The molecule has 0 saturated heterocycles. The highest BCUT2D eigenvalue weighted by Crippen LogP contribution is 2.31. The topological polar surface area (TPSA) is 110 Å². The molecule has 2 N–H and O–H groups in total. The first-order valence-corrected chi connectivity index (χ1v) is 6.74. The van der Waals surface area contributed by atoms with E-state index < -0.39 is 22.8 Å². The van der Waals surface area contributed by atoms with Crippen LogP contribution in [-0.4, -0.2) is 33.7 Å². The minimum atomic E-state index is -1.20. The molecule has 0 bridgehead atoms. The predicted molar refractivity (Wildman–Crippen MR) is 74.1 cm³/mol. The number of rotatable bonds is 6. The average molecular weight is 319 g/mol. The van der Waals surface area contributed by atoms with Crippen molar-refractivity contribution in [3.63, 3.8) is 0 Å². The van der Waals surface area contributed by atoms with E-state index in [2.05, 4.69) is 5.32 Å². The van der Waals surface area contributed by atoms with Crippen molar-refractivity contribution in [1.82, 2.24) is 5.32 Å². The molecular formula is C11H11ClN2O5S. The fourth-order valence-electron chi connectivity index (χ4n) is 1.35. The molecule has 0 spiro atoms. The van der Waals surface area contributed by atoms with Crippen molar-refractivity contribution in [2.45, 2.75) is 17.9 Å². The lowest BCUT2D eigenvalue weighted by molar-refractivity contribution is -0.387. The zero-order valence-corrected chi connectivity index (χ0v) is 11.9. The van der Waals surface area contributed by atoms with E-state index in [1.807, 2.05) is 0 Å². The lowest BCUT2D eigenvalue weighted by Crippen LogP contribution is -2.41. The van der Waals surface area contributed by atoms with Gasteiger partial charge in [-0.3, -0.25) is 14.9 Å². The Morgan fingerprint density at radius 1 is 1.55 bits per heavy atom. The van der Waals surface area contributed by atoms with Gasteiger partial charge in [0, 0.05) is 23.8 Å². The summed E-state index contributed by atoms with van der Waals surface area (Å²) in [4.78, 5) is 32.4. The van der Waals surface area contributed by atoms with Crippen LogP contribution in [0.15, 0.2) is 23.1 Å². The fourth-order valence-corrected chi connectivity index (χ4v) is 2.53. The van der Waals surface area contributed by atoms with Crippen LogP contribution in [0.5, 0.6) is 0 Å². The van der Waals surface area contributed by atoms with Crippen LogP contribution in [0, 0.1) is 10.1 Å². The van der Waals surface area contributed by atoms with Gasteiger partial charge in [0.1, 0.15) is 6.04 Å². The third kappa shape index (κ3) is 4.71. The molecule has 0 heterocycles. The number of thioether (sulfide) groups is 1. The maximum absolute atomic E-state index is 10.9. The summed E-state index contributed by atoms with van der Waals surface area (Å²) in [5.41, 5.74) is -0.200. The molecule has 0 fully saturated rings. The van der Waals surface area contributed by atoms with Gasteiger partial charge in [0.25, 0.3) is 5.69 Å². The third-order valence-corrected chi connectivity index (χ3v) is 3.59. The highest BCUT2D eigenvalue weighted by Gasteiger charge is 2.21. The van der Waals surface area contributed by atoms with Gasteiger partial charge in [0.05, 0.1) is 9.82 Å². The number of carbonyl (C=O) groups is 2. The Balaban J connectivity index is 2.85. The summed E-state index contributed by atoms with van der Waals surface area (Å²) in [5, 5.41) is 22.3. The normalized spacial score (nSPS) is 11.7. The number of aliphatic carboxylic acids is 1. The van der Waals surface area contributed by atoms with E-state index in [1.165, 1.54) is 25.1 Å². The first-order valence-electron chi connectivity index (χ1n) is 5.38. The number of nitrogens with zero attached hydrogens (tertiary/aromatic N) is 1. The van der Waals surface area contributed by atoms with Crippen LogP contribution >= 0.6 is 23.4 Å². The Morgan fingerprint density at radius 2 is 2.20 bits per heavy atom. The van der Waals surface area contributed by atoms with Crippen molar-refractivity contribution in [2.24, 2.45) is 0 Å². The van der Waals surface area contributed by atoms with Crippen molar-refractivity contribution in [3.05, 3.63) is 33.3 Å². The van der Waals surface area contributed by atoms with Crippen molar-refractivity contribution in [2.75, 3.05) is 5.75 Å². The van der Waals surface area contributed by atoms with Crippen LogP contribution in [0.2, 0.25) is 5.02 Å². The Labute approximate surface area is 123 Å². The van der Waals surface area contributed by atoms with Gasteiger partial charge in [0.15, 0.2) is 0 Å². The monoisotopic (exact) mass is 318 g/mol. The molecule has 0 saturated carbocycles. The molecule has 0 aliphatic rings. The molecule has 7 nitrogen and oxygen atoms in total. The second kappa shape index (κ2) is 7.11. The van der Waals surface area contributed by atoms with Crippen LogP contribution < -0.4 is 5.32 Å². The second-order valence-corrected chi connectivity index (χ2v) is 5.27. The van der Waals surface area contributed by atoms with Crippen LogP contribution in [0.4, 0.5) is 5.69 Å². The maximum atomic E-state index is 10.9. The SMILES string of the molecule is CC(=O)NC(CSc1ccc(Cl)cc1[N+](=O)[O-])C(=O)O. The Morgan fingerprint density at radius 3 is 2.70 bits per heavy atom. The summed E-state index contributed by atoms with van der Waals surface area (Å²) in [5.74, 6) is -1.72. The van der Waals surface area contributed by atoms with Gasteiger partial charge in [-0.1, -0.05) is 11.6 Å². The molecular weight excluding hydrogens is 308 g/mol. The maximum Gasteiger partial charge on any atom is 0.327 e. The van der Waals surface area contributed by atoms with Gasteiger partial charge in [0.2, 0.25) is 5.91 Å². The Hall–Kier alpha value is -1.80. The van der Waals surface area contributed by atoms with E-state index in [0.717, 1.165) is 11.8 Å². The zero-order chi connectivity index (χ0) is 15.3. The minimum absolute atomic E-state index is 0.0304. The van der Waals surface area contributed by atoms with Crippen LogP contribution in [-0.2, 0) is 9.59 Å². The highest BCUT2D eigenvalue weighted by molar-refractivity contribution is 7.99. The molecule has 108 valence electrons. The quantitative estimate of drug-likeness (QED) is 0.471. The first-order chi connectivity index (χ1) is 9.31. The van der Waals surface area contributed by atoms with Gasteiger partial charge >= 0.3 is 5.97 Å². The first kappa shape index (κ1) is 16.3. The third-order valence-electron chi connectivity index (χ3n) is 2.20. The van der Waals surface area contributed by atoms with Crippen LogP contribution in [0.25, 0.3) is 0 Å². The summed E-state index contributed by atoms with van der Waals surface area (Å²) < 4.78 is 0. The fraction of sp³-hybridized carbons (Fsp3) is 0.273. The highest BCUT2D eigenvalue weighted by atomic mass is 35.5. The van der Waals surface area contributed by atoms with E-state index >= 15 is 0 Å². The molecule has 1 amide bonds. The number of carbonyl (C=O) groups excluding carboxylic acids is 1. The molecule has 0 radical (unpaired) electrons. The van der Waals surface area contributed by atoms with Crippen molar-refractivity contribution in [3.8, 4) is 0 Å². The van der Waals surface area contributed by atoms with Crippen molar-refractivity contribution >= 4 is 40.9 Å². The number of hydrogen-bond donors (Lipinski definition) is 2. The number of nitro groups is 1. The molecule has 1 rings (SSSR count). The van der Waals surface area contributed by atoms with Crippen LogP contribution in [0.1, 0.15) is 6.92 Å². The number of halogens is 1. The molecule has 1 unspecified atom stereocenters. The number of benzene rings is 1. The lowest BCUT2D eigenvalue weighted by atomic mass is 10.3. The van der Waals surface area contributed by atoms with E-state index in [4.69, 9.17) is 16.7 Å². The molecule has 1 atom stereocenters. The average Bonchev–Trinajstić information content (AvgIpc) is 2.34.